The molecule has 0 aliphatic heterocycles. The third-order valence-electron chi connectivity index (χ3n) is 17.9. The monoisotopic (exact) mass is 1290 g/mol. The predicted octanol–water partition coefficient (Wildman–Crippen LogP) is 25.8. The quantitative estimate of drug-likeness (QED) is 0.0243. The number of carbonyl (C=O) groups excluding carboxylic acids is 1. The van der Waals surface area contributed by atoms with E-state index in [0.717, 1.165) is 83.5 Å². The molecule has 0 aliphatic rings. The molecule has 91 heavy (non-hydrogen) atoms. The summed E-state index contributed by atoms with van der Waals surface area (Å²) in [6.07, 6.45) is 103. The number of allylic oxidation sites excluding steroid dienone is 14. The third-order valence-corrected chi connectivity index (χ3v) is 18.9. The number of rotatable bonds is 73. The molecule has 0 saturated heterocycles. The SMILES string of the molecule is CC/C=C\C/C=C\C/C=C\C/C=C\C/C=C\C/C=C\C/C=C\CCCCCCCCCCCCCCCCCC(=O)NC(COP(=O)(O)OCC[N+](C)(C)C)C(O)CCCCCCCCCCCCCCCCCCCCCCCCCCCCCCCCCC. The van der Waals surface area contributed by atoms with E-state index in [2.05, 4.69) is 104 Å². The highest BCUT2D eigenvalue weighted by molar-refractivity contribution is 7.47. The number of phosphoric acid groups is 1. The van der Waals surface area contributed by atoms with Crippen molar-refractivity contribution in [2.24, 2.45) is 0 Å². The summed E-state index contributed by atoms with van der Waals surface area (Å²) in [7, 11) is 1.63. The van der Waals surface area contributed by atoms with Crippen LogP contribution in [0.4, 0.5) is 0 Å². The van der Waals surface area contributed by atoms with Crippen LogP contribution in [0.1, 0.15) is 380 Å². The highest BCUT2D eigenvalue weighted by Gasteiger charge is 2.28. The fourth-order valence-electron chi connectivity index (χ4n) is 11.9. The molecule has 3 N–H and O–H groups in total. The first kappa shape index (κ1) is 88.7. The Morgan fingerprint density at radius 1 is 0.385 bits per heavy atom. The van der Waals surface area contributed by atoms with Gasteiger partial charge in [-0.3, -0.25) is 13.8 Å². The lowest BCUT2D eigenvalue weighted by atomic mass is 10.0. The molecular formula is C82H154N2O6P+. The molecule has 0 spiro atoms. The van der Waals surface area contributed by atoms with Crippen molar-refractivity contribution in [1.29, 1.82) is 0 Å². The van der Waals surface area contributed by atoms with Crippen LogP contribution in [0.5, 0.6) is 0 Å². The summed E-state index contributed by atoms with van der Waals surface area (Å²) in [5.41, 5.74) is 0. The predicted molar refractivity (Wildman–Crippen MR) is 401 cm³/mol. The van der Waals surface area contributed by atoms with Crippen molar-refractivity contribution in [3.05, 3.63) is 85.1 Å². The lowest BCUT2D eigenvalue weighted by molar-refractivity contribution is -0.870. The Kier molecular flexibility index (Phi) is 70.1. The van der Waals surface area contributed by atoms with Crippen LogP contribution in [-0.2, 0) is 18.4 Å². The second kappa shape index (κ2) is 72.0. The minimum absolute atomic E-state index is 0.0736. The standard InChI is InChI=1S/C82H153N2O6P/c1-6-8-10-12-14-16-18-20-22-24-26-28-30-32-34-36-38-40-41-42-43-44-46-48-50-52-54-56-58-60-62-64-66-68-70-72-74-76-82(86)83-80(79-90-91(87,88)89-78-77-84(3,4)5)81(85)75-73-71-69-67-65-63-61-59-57-55-53-51-49-47-45-39-37-35-33-31-29-27-25-23-21-19-17-15-13-11-9-7-2/h8,10,14,16,20,22,26,28,32,34,38,40,42-43,80-81,85H,6-7,9,11-13,15,17-19,21,23-25,27,29-31,33,35-37,39,41,44-79H2,1-5H3,(H-,83,86,87,88)/p+1/b10-8-,16-14-,22-20-,28-26-,34-32-,40-38-,43-42-. The van der Waals surface area contributed by atoms with Crippen LogP contribution in [0.15, 0.2) is 85.1 Å². The Bertz CT molecular complexity index is 1760. The zero-order chi connectivity index (χ0) is 66.2. The van der Waals surface area contributed by atoms with E-state index >= 15 is 0 Å². The van der Waals surface area contributed by atoms with E-state index in [1.54, 1.807) is 0 Å². The summed E-state index contributed by atoms with van der Waals surface area (Å²) in [5.74, 6) is -0.141. The molecule has 0 heterocycles. The van der Waals surface area contributed by atoms with Crippen molar-refractivity contribution in [3.63, 3.8) is 0 Å². The van der Waals surface area contributed by atoms with E-state index < -0.39 is 20.0 Å². The number of amides is 1. The Morgan fingerprint density at radius 3 is 0.967 bits per heavy atom. The number of phosphoric ester groups is 1. The van der Waals surface area contributed by atoms with Crippen molar-refractivity contribution < 1.29 is 32.9 Å². The van der Waals surface area contributed by atoms with Crippen molar-refractivity contribution in [2.75, 3.05) is 40.9 Å². The second-order valence-electron chi connectivity index (χ2n) is 28.1. The van der Waals surface area contributed by atoms with Gasteiger partial charge in [0.25, 0.3) is 0 Å². The van der Waals surface area contributed by atoms with Gasteiger partial charge in [0.1, 0.15) is 13.2 Å². The Hall–Kier alpha value is -2.32. The molecule has 0 fully saturated rings. The van der Waals surface area contributed by atoms with Crippen LogP contribution in [0.25, 0.3) is 0 Å². The number of carbonyl (C=O) groups is 1. The van der Waals surface area contributed by atoms with Crippen molar-refractivity contribution in [1.82, 2.24) is 5.32 Å². The fourth-order valence-corrected chi connectivity index (χ4v) is 12.6. The van der Waals surface area contributed by atoms with Gasteiger partial charge < -0.3 is 19.8 Å². The first-order valence-corrected chi connectivity index (χ1v) is 40.9. The van der Waals surface area contributed by atoms with Gasteiger partial charge in [-0.2, -0.15) is 0 Å². The molecule has 3 unspecified atom stereocenters. The highest BCUT2D eigenvalue weighted by Crippen LogP contribution is 2.43. The molecule has 0 aromatic rings. The van der Waals surface area contributed by atoms with E-state index in [9.17, 15) is 19.4 Å². The summed E-state index contributed by atoms with van der Waals surface area (Å²) in [4.78, 5) is 23.5. The molecule has 0 aromatic heterocycles. The molecule has 0 aliphatic carbocycles. The number of aliphatic hydroxyl groups is 1. The summed E-state index contributed by atoms with van der Waals surface area (Å²) in [6, 6.07) is -0.767. The largest absolute Gasteiger partial charge is 0.472 e. The first-order valence-electron chi connectivity index (χ1n) is 39.5. The first-order chi connectivity index (χ1) is 44.5. The summed E-state index contributed by atoms with van der Waals surface area (Å²) in [6.45, 7) is 4.82. The van der Waals surface area contributed by atoms with Gasteiger partial charge in [-0.1, -0.05) is 388 Å². The molecule has 532 valence electrons. The smallest absolute Gasteiger partial charge is 0.391 e. The van der Waals surface area contributed by atoms with E-state index in [1.807, 2.05) is 21.1 Å². The average molecular weight is 1300 g/mol. The lowest BCUT2D eigenvalue weighted by Crippen LogP contribution is -2.46. The fraction of sp³-hybridized carbons (Fsp3) is 0.817. The van der Waals surface area contributed by atoms with Crippen LogP contribution < -0.4 is 5.32 Å². The molecule has 1 amide bonds. The van der Waals surface area contributed by atoms with Crippen molar-refractivity contribution in [2.45, 2.75) is 392 Å². The number of hydrogen-bond donors (Lipinski definition) is 3. The van der Waals surface area contributed by atoms with Crippen LogP contribution in [0.2, 0.25) is 0 Å². The van der Waals surface area contributed by atoms with E-state index in [0.29, 0.717) is 23.9 Å². The molecule has 0 aromatic carbocycles. The molecular weight excluding hydrogens is 1140 g/mol. The highest BCUT2D eigenvalue weighted by atomic mass is 31.2. The second-order valence-corrected chi connectivity index (χ2v) is 29.5. The van der Waals surface area contributed by atoms with E-state index in [-0.39, 0.29) is 19.1 Å². The Balaban J connectivity index is 3.97. The van der Waals surface area contributed by atoms with Crippen molar-refractivity contribution >= 4 is 13.7 Å². The van der Waals surface area contributed by atoms with Gasteiger partial charge >= 0.3 is 7.82 Å². The number of aliphatic hydroxyl groups excluding tert-OH is 1. The number of unbranched alkanes of at least 4 members (excludes halogenated alkanes) is 46. The number of hydrogen-bond acceptors (Lipinski definition) is 5. The topological polar surface area (TPSA) is 105 Å². The number of nitrogens with zero attached hydrogens (tertiary/aromatic N) is 1. The lowest BCUT2D eigenvalue weighted by Gasteiger charge is -2.26. The minimum Gasteiger partial charge on any atom is -0.391 e. The van der Waals surface area contributed by atoms with Gasteiger partial charge in [-0.05, 0) is 70.6 Å². The maximum Gasteiger partial charge on any atom is 0.472 e. The van der Waals surface area contributed by atoms with Gasteiger partial charge in [0.05, 0.1) is 39.9 Å². The average Bonchev–Trinajstić information content (AvgIpc) is 3.42. The van der Waals surface area contributed by atoms with Crippen LogP contribution in [-0.4, -0.2) is 73.4 Å². The van der Waals surface area contributed by atoms with Gasteiger partial charge in [-0.25, -0.2) is 4.57 Å². The maximum absolute atomic E-state index is 13.1. The molecule has 0 bridgehead atoms. The molecule has 0 saturated carbocycles. The van der Waals surface area contributed by atoms with E-state index in [1.165, 1.54) is 270 Å². The zero-order valence-corrected chi connectivity index (χ0v) is 62.0. The minimum atomic E-state index is -4.34. The van der Waals surface area contributed by atoms with Crippen LogP contribution >= 0.6 is 7.82 Å². The molecule has 3 atom stereocenters. The molecule has 0 rings (SSSR count). The molecule has 9 heteroatoms. The normalized spacial score (nSPS) is 14.0. The van der Waals surface area contributed by atoms with Gasteiger partial charge in [0, 0.05) is 6.42 Å². The summed E-state index contributed by atoms with van der Waals surface area (Å²) in [5, 5.41) is 14.2. The Morgan fingerprint density at radius 2 is 0.659 bits per heavy atom. The van der Waals surface area contributed by atoms with Gasteiger partial charge in [-0.15, -0.1) is 0 Å². The number of nitrogens with one attached hydrogen (secondary N) is 1. The zero-order valence-electron chi connectivity index (χ0n) is 61.1. The van der Waals surface area contributed by atoms with Gasteiger partial charge in [0.2, 0.25) is 5.91 Å². The van der Waals surface area contributed by atoms with Crippen molar-refractivity contribution in [3.8, 4) is 0 Å². The maximum atomic E-state index is 13.1. The number of quaternary nitrogens is 1. The Labute approximate surface area is 567 Å². The van der Waals surface area contributed by atoms with Crippen LogP contribution in [0, 0.1) is 0 Å². The third kappa shape index (κ3) is 74.9. The van der Waals surface area contributed by atoms with Crippen LogP contribution in [0.3, 0.4) is 0 Å². The molecule has 0 radical (unpaired) electrons. The molecule has 8 nitrogen and oxygen atoms in total. The van der Waals surface area contributed by atoms with E-state index in [4.69, 9.17) is 9.05 Å². The summed E-state index contributed by atoms with van der Waals surface area (Å²) >= 11 is 0. The van der Waals surface area contributed by atoms with Gasteiger partial charge in [0.15, 0.2) is 0 Å². The summed E-state index contributed by atoms with van der Waals surface area (Å²) < 4.78 is 24.0. The number of likely N-dealkylation sites (N-methyl/N-ethyl adjacent to an activating group) is 1.